The molecule has 0 bridgehead atoms. The zero-order valence-electron chi connectivity index (χ0n) is 17.3. The Morgan fingerprint density at radius 2 is 1.88 bits per heavy atom. The average Bonchev–Trinajstić information content (AvgIpc) is 2.77. The number of pyridine rings is 1. The predicted octanol–water partition coefficient (Wildman–Crippen LogP) is 5.32. The van der Waals surface area contributed by atoms with Crippen LogP contribution in [0.1, 0.15) is 50.6 Å². The second kappa shape index (κ2) is 8.57. The number of hydrogen-bond acceptors (Lipinski definition) is 4. The van der Waals surface area contributed by atoms with Crippen molar-refractivity contribution in [3.8, 4) is 5.75 Å². The number of fused-ring (bicyclic) bond motifs is 1. The van der Waals surface area contributed by atoms with Crippen LogP contribution in [0.25, 0.3) is 0 Å². The number of hydrogen-bond donors (Lipinski definition) is 0. The van der Waals surface area contributed by atoms with Crippen LogP contribution < -0.4 is 4.74 Å². The number of rotatable bonds is 5. The summed E-state index contributed by atoms with van der Waals surface area (Å²) in [5, 5.41) is 0. The van der Waals surface area contributed by atoms with E-state index in [-0.39, 0.29) is 31.0 Å². The zero-order chi connectivity index (χ0) is 22.9. The summed E-state index contributed by atoms with van der Waals surface area (Å²) in [6, 6.07) is 13.5. The molecule has 0 unspecified atom stereocenters. The number of ether oxygens (including phenoxy) is 1. The van der Waals surface area contributed by atoms with Crippen molar-refractivity contribution in [2.24, 2.45) is 0 Å². The van der Waals surface area contributed by atoms with E-state index in [9.17, 15) is 22.8 Å². The lowest BCUT2D eigenvalue weighted by atomic mass is 9.86. The number of aryl methyl sites for hydroxylation is 1. The van der Waals surface area contributed by atoms with Crippen molar-refractivity contribution in [2.75, 3.05) is 6.61 Å². The number of alkyl halides is 3. The van der Waals surface area contributed by atoms with E-state index in [0.717, 1.165) is 23.3 Å². The van der Waals surface area contributed by atoms with Gasteiger partial charge in [-0.1, -0.05) is 30.3 Å². The van der Waals surface area contributed by atoms with E-state index in [4.69, 9.17) is 4.74 Å². The third-order valence-corrected chi connectivity index (χ3v) is 5.58. The molecule has 3 aromatic rings. The molecule has 4 nitrogen and oxygen atoms in total. The molecular weight excluding hydrogens is 419 g/mol. The maximum atomic E-state index is 13.2. The third-order valence-electron chi connectivity index (χ3n) is 5.58. The van der Waals surface area contributed by atoms with Crippen molar-refractivity contribution in [3.05, 3.63) is 94.3 Å². The summed E-state index contributed by atoms with van der Waals surface area (Å²) < 4.78 is 44.5. The van der Waals surface area contributed by atoms with Gasteiger partial charge in [-0.05, 0) is 42.3 Å². The quantitative estimate of drug-likeness (QED) is 0.505. The van der Waals surface area contributed by atoms with Crippen LogP contribution in [0.5, 0.6) is 5.75 Å². The van der Waals surface area contributed by atoms with Crippen molar-refractivity contribution in [3.63, 3.8) is 0 Å². The van der Waals surface area contributed by atoms with E-state index < -0.39 is 17.7 Å². The minimum absolute atomic E-state index is 0.0219. The van der Waals surface area contributed by atoms with Gasteiger partial charge >= 0.3 is 6.18 Å². The van der Waals surface area contributed by atoms with Crippen LogP contribution in [0, 0.1) is 6.92 Å². The molecule has 164 valence electrons. The molecule has 1 aliphatic rings. The Morgan fingerprint density at radius 3 is 2.56 bits per heavy atom. The first kappa shape index (κ1) is 21.7. The van der Waals surface area contributed by atoms with Crippen LogP contribution in [0.4, 0.5) is 13.2 Å². The highest BCUT2D eigenvalue weighted by Crippen LogP contribution is 2.34. The molecule has 4 rings (SSSR count). The van der Waals surface area contributed by atoms with E-state index in [1.807, 2.05) is 13.0 Å². The molecule has 0 amide bonds. The first-order valence-electron chi connectivity index (χ1n) is 10.1. The molecule has 0 spiro atoms. The highest BCUT2D eigenvalue weighted by atomic mass is 19.4. The molecule has 32 heavy (non-hydrogen) atoms. The van der Waals surface area contributed by atoms with Gasteiger partial charge in [0.2, 0.25) is 0 Å². The number of aromatic nitrogens is 1. The number of benzene rings is 2. The van der Waals surface area contributed by atoms with Crippen molar-refractivity contribution < 1.29 is 27.5 Å². The monoisotopic (exact) mass is 439 g/mol. The van der Waals surface area contributed by atoms with Gasteiger partial charge in [-0.2, -0.15) is 13.2 Å². The average molecular weight is 439 g/mol. The van der Waals surface area contributed by atoms with E-state index in [2.05, 4.69) is 4.98 Å². The SMILES string of the molecule is Cc1cccnc1[C@@H](CC(=O)c1ccc2c(c1)OCC(=O)C2)c1ccc(C(F)(F)F)cc1. The summed E-state index contributed by atoms with van der Waals surface area (Å²) in [6.07, 6.45) is -2.53. The van der Waals surface area contributed by atoms with Crippen LogP contribution in [-0.4, -0.2) is 23.2 Å². The molecule has 0 aliphatic carbocycles. The molecule has 0 saturated carbocycles. The minimum atomic E-state index is -4.44. The van der Waals surface area contributed by atoms with E-state index >= 15 is 0 Å². The van der Waals surface area contributed by atoms with Crippen molar-refractivity contribution in [2.45, 2.75) is 31.9 Å². The fourth-order valence-electron chi connectivity index (χ4n) is 3.87. The van der Waals surface area contributed by atoms with Crippen molar-refractivity contribution in [1.29, 1.82) is 0 Å². The standard InChI is InChI=1S/C25H20F3NO3/c1-15-3-2-10-29-24(15)21(16-6-8-19(9-7-16)25(26,27)28)13-22(31)17-4-5-18-11-20(30)14-32-23(18)12-17/h2-10,12,21H,11,13-14H2,1H3/t21-/m0/s1. The Hall–Kier alpha value is -3.48. The Labute approximate surface area is 183 Å². The molecule has 1 aliphatic heterocycles. The van der Waals surface area contributed by atoms with Gasteiger partial charge in [0.1, 0.15) is 12.4 Å². The third kappa shape index (κ3) is 4.56. The number of carbonyl (C=O) groups is 2. The Balaban J connectivity index is 1.66. The minimum Gasteiger partial charge on any atom is -0.486 e. The fraction of sp³-hybridized carbons (Fsp3) is 0.240. The fourth-order valence-corrected chi connectivity index (χ4v) is 3.87. The lowest BCUT2D eigenvalue weighted by Gasteiger charge is -2.20. The van der Waals surface area contributed by atoms with Gasteiger partial charge in [0.25, 0.3) is 0 Å². The maximum Gasteiger partial charge on any atom is 0.416 e. The number of halogens is 3. The normalized spacial score (nSPS) is 14.4. The number of Topliss-reactive ketones (excluding diaryl/α,β-unsaturated/α-hetero) is 2. The number of carbonyl (C=O) groups excluding carboxylic acids is 2. The van der Waals surface area contributed by atoms with Gasteiger partial charge < -0.3 is 4.74 Å². The lowest BCUT2D eigenvalue weighted by molar-refractivity contribution is -0.137. The van der Waals surface area contributed by atoms with Crippen molar-refractivity contribution >= 4 is 11.6 Å². The van der Waals surface area contributed by atoms with Crippen LogP contribution in [0.3, 0.4) is 0 Å². The number of ketones is 2. The van der Waals surface area contributed by atoms with Crippen LogP contribution in [0.15, 0.2) is 60.8 Å². The predicted molar refractivity (Wildman–Crippen MR) is 112 cm³/mol. The molecule has 1 aromatic heterocycles. The molecule has 0 radical (unpaired) electrons. The summed E-state index contributed by atoms with van der Waals surface area (Å²) in [6.45, 7) is 1.83. The van der Waals surface area contributed by atoms with E-state index in [0.29, 0.717) is 22.6 Å². The summed E-state index contributed by atoms with van der Waals surface area (Å²) in [5.74, 6) is -0.215. The van der Waals surface area contributed by atoms with E-state index in [1.165, 1.54) is 12.1 Å². The topological polar surface area (TPSA) is 56.3 Å². The zero-order valence-corrected chi connectivity index (χ0v) is 17.3. The van der Waals surface area contributed by atoms with Gasteiger partial charge in [0, 0.05) is 36.1 Å². The van der Waals surface area contributed by atoms with E-state index in [1.54, 1.807) is 30.5 Å². The van der Waals surface area contributed by atoms with Gasteiger partial charge in [0.15, 0.2) is 11.6 Å². The molecule has 0 N–H and O–H groups in total. The van der Waals surface area contributed by atoms with Gasteiger partial charge in [-0.3, -0.25) is 14.6 Å². The molecule has 0 fully saturated rings. The lowest BCUT2D eigenvalue weighted by Crippen LogP contribution is -2.20. The molecule has 0 saturated heterocycles. The number of nitrogens with zero attached hydrogens (tertiary/aromatic N) is 1. The van der Waals surface area contributed by atoms with Crippen LogP contribution in [-0.2, 0) is 17.4 Å². The van der Waals surface area contributed by atoms with Crippen molar-refractivity contribution in [1.82, 2.24) is 4.98 Å². The molecule has 7 heteroatoms. The summed E-state index contributed by atoms with van der Waals surface area (Å²) in [5.41, 5.74) is 2.47. The second-order valence-electron chi connectivity index (χ2n) is 7.83. The second-order valence-corrected chi connectivity index (χ2v) is 7.83. The molecular formula is C25H20F3NO3. The Morgan fingerprint density at radius 1 is 1.12 bits per heavy atom. The highest BCUT2D eigenvalue weighted by Gasteiger charge is 2.31. The molecule has 1 atom stereocenters. The first-order valence-corrected chi connectivity index (χ1v) is 10.1. The van der Waals surface area contributed by atoms with Gasteiger partial charge in [-0.15, -0.1) is 0 Å². The Kier molecular flexibility index (Phi) is 5.82. The highest BCUT2D eigenvalue weighted by molar-refractivity contribution is 5.97. The maximum absolute atomic E-state index is 13.2. The van der Waals surface area contributed by atoms with Crippen LogP contribution in [0.2, 0.25) is 0 Å². The summed E-state index contributed by atoms with van der Waals surface area (Å²) in [7, 11) is 0. The Bertz CT molecular complexity index is 1170. The largest absolute Gasteiger partial charge is 0.486 e. The van der Waals surface area contributed by atoms with Gasteiger partial charge in [-0.25, -0.2) is 0 Å². The summed E-state index contributed by atoms with van der Waals surface area (Å²) >= 11 is 0. The first-order chi connectivity index (χ1) is 15.2. The molecule has 2 aromatic carbocycles. The van der Waals surface area contributed by atoms with Gasteiger partial charge in [0.05, 0.1) is 11.3 Å². The van der Waals surface area contributed by atoms with Crippen LogP contribution >= 0.6 is 0 Å². The smallest absolute Gasteiger partial charge is 0.416 e. The molecule has 2 heterocycles. The summed E-state index contributed by atoms with van der Waals surface area (Å²) in [4.78, 5) is 29.1.